The molecule has 2 rings (SSSR count). The second-order valence-corrected chi connectivity index (χ2v) is 7.85. The lowest BCUT2D eigenvalue weighted by molar-refractivity contribution is -0.132. The van der Waals surface area contributed by atoms with Crippen molar-refractivity contribution in [2.45, 2.75) is 25.0 Å². The van der Waals surface area contributed by atoms with Crippen LogP contribution in [0.2, 0.25) is 0 Å². The Hall–Kier alpha value is -2.08. The highest BCUT2D eigenvalue weighted by Crippen LogP contribution is 2.35. The topological polar surface area (TPSA) is 83.5 Å². The molecule has 2 N–H and O–H groups in total. The van der Waals surface area contributed by atoms with Crippen molar-refractivity contribution < 1.29 is 18.3 Å². The van der Waals surface area contributed by atoms with Gasteiger partial charge in [-0.25, -0.2) is 13.2 Å². The van der Waals surface area contributed by atoms with E-state index in [1.807, 2.05) is 37.3 Å². The van der Waals surface area contributed by atoms with Crippen molar-refractivity contribution in [3.8, 4) is 0 Å². The highest BCUT2D eigenvalue weighted by molar-refractivity contribution is 7.91. The average molecular weight is 335 g/mol. The molecule has 0 radical (unpaired) electrons. The van der Waals surface area contributed by atoms with Crippen molar-refractivity contribution in [3.63, 3.8) is 0 Å². The van der Waals surface area contributed by atoms with Crippen LogP contribution < -0.4 is 5.32 Å². The van der Waals surface area contributed by atoms with E-state index >= 15 is 0 Å². The number of rotatable bonds is 6. The Morgan fingerprint density at radius 1 is 1.30 bits per heavy atom. The predicted molar refractivity (Wildman–Crippen MR) is 90.6 cm³/mol. The first-order chi connectivity index (χ1) is 10.8. The minimum absolute atomic E-state index is 0.0182. The molecule has 1 aromatic rings. The molecule has 0 bridgehead atoms. The number of sulfone groups is 1. The third-order valence-electron chi connectivity index (χ3n) is 3.78. The van der Waals surface area contributed by atoms with Crippen LogP contribution in [0.3, 0.4) is 0 Å². The zero-order valence-electron chi connectivity index (χ0n) is 13.2. The van der Waals surface area contributed by atoms with Crippen LogP contribution in [0.15, 0.2) is 47.7 Å². The third kappa shape index (κ3) is 4.01. The van der Waals surface area contributed by atoms with Crippen molar-refractivity contribution in [2.75, 3.05) is 12.8 Å². The quantitative estimate of drug-likeness (QED) is 0.833. The van der Waals surface area contributed by atoms with Gasteiger partial charge in [-0.2, -0.15) is 0 Å². The Kier molecular flexibility index (Phi) is 5.26. The highest BCUT2D eigenvalue weighted by Gasteiger charge is 2.34. The number of aliphatic carboxylic acids is 1. The number of allylic oxidation sites excluding steroid dienone is 1. The lowest BCUT2D eigenvalue weighted by Gasteiger charge is -2.27. The Morgan fingerprint density at radius 3 is 2.48 bits per heavy atom. The summed E-state index contributed by atoms with van der Waals surface area (Å²) in [7, 11) is -3.45. The third-order valence-corrected chi connectivity index (χ3v) is 5.21. The van der Waals surface area contributed by atoms with Crippen LogP contribution >= 0.6 is 0 Å². The Balaban J connectivity index is 2.66. The molecule has 1 atom stereocenters. The van der Waals surface area contributed by atoms with E-state index in [0.717, 1.165) is 18.2 Å². The first-order valence-corrected chi connectivity index (χ1v) is 9.46. The van der Waals surface area contributed by atoms with Crippen molar-refractivity contribution >= 4 is 21.4 Å². The predicted octanol–water partition coefficient (Wildman–Crippen LogP) is 2.23. The van der Waals surface area contributed by atoms with Gasteiger partial charge in [0.05, 0.1) is 5.25 Å². The van der Waals surface area contributed by atoms with Crippen LogP contribution in [0.4, 0.5) is 0 Å². The maximum absolute atomic E-state index is 12.3. The van der Waals surface area contributed by atoms with E-state index in [0.29, 0.717) is 17.8 Å². The molecule has 0 fully saturated rings. The molecule has 0 amide bonds. The van der Waals surface area contributed by atoms with Crippen molar-refractivity contribution in [1.29, 1.82) is 0 Å². The summed E-state index contributed by atoms with van der Waals surface area (Å²) in [6, 6.07) is 9.24. The van der Waals surface area contributed by atoms with Gasteiger partial charge in [0.2, 0.25) is 0 Å². The van der Waals surface area contributed by atoms with Gasteiger partial charge in [0.15, 0.2) is 9.84 Å². The monoisotopic (exact) mass is 335 g/mol. The van der Waals surface area contributed by atoms with Crippen LogP contribution in [-0.4, -0.2) is 37.5 Å². The van der Waals surface area contributed by atoms with Crippen molar-refractivity contribution in [3.05, 3.63) is 53.2 Å². The van der Waals surface area contributed by atoms with E-state index in [1.54, 1.807) is 6.08 Å². The Labute approximate surface area is 136 Å². The van der Waals surface area contributed by atoms with E-state index in [2.05, 4.69) is 5.32 Å². The number of carbonyl (C=O) groups is 1. The number of hydrogen-bond acceptors (Lipinski definition) is 4. The molecule has 6 heteroatoms. The second-order valence-electron chi connectivity index (χ2n) is 5.62. The fourth-order valence-electron chi connectivity index (χ4n) is 2.67. The van der Waals surface area contributed by atoms with E-state index in [1.165, 1.54) is 0 Å². The summed E-state index contributed by atoms with van der Waals surface area (Å²) < 4.78 is 24.6. The van der Waals surface area contributed by atoms with Crippen LogP contribution in [0.1, 0.15) is 25.3 Å². The number of nitrogens with one attached hydrogen (secondary N) is 1. The van der Waals surface area contributed by atoms with Crippen LogP contribution in [-0.2, 0) is 14.6 Å². The summed E-state index contributed by atoms with van der Waals surface area (Å²) in [4.78, 5) is 11.4. The van der Waals surface area contributed by atoms with Gasteiger partial charge < -0.3 is 10.4 Å². The minimum Gasteiger partial charge on any atom is -0.478 e. The largest absolute Gasteiger partial charge is 0.478 e. The fourth-order valence-corrected chi connectivity index (χ4v) is 3.84. The van der Waals surface area contributed by atoms with Gasteiger partial charge in [-0.05, 0) is 18.1 Å². The summed E-state index contributed by atoms with van der Waals surface area (Å²) in [5, 5.41) is 11.6. The molecule has 0 saturated heterocycles. The second kappa shape index (κ2) is 7.00. The maximum atomic E-state index is 12.3. The molecule has 124 valence electrons. The number of benzene rings is 1. The summed E-state index contributed by atoms with van der Waals surface area (Å²) in [5.41, 5.74) is 2.13. The molecule has 0 saturated carbocycles. The molecule has 5 nitrogen and oxygen atoms in total. The summed E-state index contributed by atoms with van der Waals surface area (Å²) in [5.74, 6) is -1.08. The van der Waals surface area contributed by atoms with E-state index in [9.17, 15) is 18.3 Å². The smallest absolute Gasteiger partial charge is 0.331 e. The molecule has 23 heavy (non-hydrogen) atoms. The maximum Gasteiger partial charge on any atom is 0.331 e. The standard InChI is InChI=1S/C17H21NO4S/c1-3-9-18-14-10-13(17(19)20)11-15(23(2,21)22)16(14)12-7-5-4-6-8-12/h4-8,10,15,18H,3,9,11H2,1-2H3,(H,19,20). The SMILES string of the molecule is CCCNC1=C(c2ccccc2)C(S(C)(=O)=O)CC(C(=O)O)=C1. The molecule has 1 aromatic carbocycles. The molecule has 1 aliphatic rings. The van der Waals surface area contributed by atoms with Crippen LogP contribution in [0.25, 0.3) is 5.57 Å². The first kappa shape index (κ1) is 17.3. The number of hydrogen-bond donors (Lipinski definition) is 2. The molecule has 1 aliphatic carbocycles. The molecule has 0 heterocycles. The average Bonchev–Trinajstić information content (AvgIpc) is 2.51. The molecule has 0 aromatic heterocycles. The zero-order valence-corrected chi connectivity index (χ0v) is 14.1. The molecule has 0 spiro atoms. The lowest BCUT2D eigenvalue weighted by Crippen LogP contribution is -2.31. The van der Waals surface area contributed by atoms with Gasteiger partial charge in [-0.1, -0.05) is 37.3 Å². The molecule has 1 unspecified atom stereocenters. The minimum atomic E-state index is -3.45. The molecule has 0 aliphatic heterocycles. The van der Waals surface area contributed by atoms with Crippen molar-refractivity contribution in [1.82, 2.24) is 5.32 Å². The van der Waals surface area contributed by atoms with Gasteiger partial charge in [0.1, 0.15) is 0 Å². The van der Waals surface area contributed by atoms with Gasteiger partial charge in [0, 0.05) is 36.1 Å². The molecular weight excluding hydrogens is 314 g/mol. The molecular formula is C17H21NO4S. The van der Waals surface area contributed by atoms with E-state index in [4.69, 9.17) is 0 Å². The summed E-state index contributed by atoms with van der Waals surface area (Å²) >= 11 is 0. The van der Waals surface area contributed by atoms with E-state index < -0.39 is 21.1 Å². The first-order valence-electron chi connectivity index (χ1n) is 7.50. The number of carboxylic acid groups (broad SMARTS) is 1. The van der Waals surface area contributed by atoms with E-state index in [-0.39, 0.29) is 12.0 Å². The summed E-state index contributed by atoms with van der Waals surface area (Å²) in [6.07, 6.45) is 3.55. The van der Waals surface area contributed by atoms with Gasteiger partial charge in [-0.3, -0.25) is 0 Å². The number of carboxylic acids is 1. The van der Waals surface area contributed by atoms with Crippen LogP contribution in [0, 0.1) is 0 Å². The van der Waals surface area contributed by atoms with Gasteiger partial charge in [-0.15, -0.1) is 0 Å². The highest BCUT2D eigenvalue weighted by atomic mass is 32.2. The normalized spacial score (nSPS) is 18.5. The zero-order chi connectivity index (χ0) is 17.0. The van der Waals surface area contributed by atoms with Gasteiger partial charge in [0.25, 0.3) is 0 Å². The van der Waals surface area contributed by atoms with Crippen LogP contribution in [0.5, 0.6) is 0 Å². The Bertz CT molecular complexity index is 748. The summed E-state index contributed by atoms with van der Waals surface area (Å²) in [6.45, 7) is 2.64. The lowest BCUT2D eigenvalue weighted by atomic mass is 9.90. The fraction of sp³-hybridized carbons (Fsp3) is 0.353. The Morgan fingerprint density at radius 2 is 1.96 bits per heavy atom. The van der Waals surface area contributed by atoms with Crippen molar-refractivity contribution in [2.24, 2.45) is 0 Å². The van der Waals surface area contributed by atoms with Gasteiger partial charge >= 0.3 is 5.97 Å².